The van der Waals surface area contributed by atoms with Gasteiger partial charge in [0.2, 0.25) is 6.17 Å². The van der Waals surface area contributed by atoms with E-state index >= 15 is 0 Å². The second-order valence-electron chi connectivity index (χ2n) is 5.16. The van der Waals surface area contributed by atoms with Crippen molar-refractivity contribution in [2.24, 2.45) is 0 Å². The molecule has 2 N–H and O–H groups in total. The van der Waals surface area contributed by atoms with E-state index in [-0.39, 0.29) is 23.5 Å². The minimum absolute atomic E-state index is 0.0210. The number of anilines is 1. The van der Waals surface area contributed by atoms with Crippen molar-refractivity contribution in [3.63, 3.8) is 0 Å². The molecule has 7 nitrogen and oxygen atoms in total. The van der Waals surface area contributed by atoms with Crippen LogP contribution < -0.4 is 10.5 Å². The number of nitrogens with two attached hydrogens (primary N) is 1. The minimum Gasteiger partial charge on any atom is -0.467 e. The van der Waals surface area contributed by atoms with Crippen LogP contribution in [0.3, 0.4) is 0 Å². The summed E-state index contributed by atoms with van der Waals surface area (Å²) in [4.78, 5) is 21.6. The number of carbonyl (C=O) groups excluding carboxylic acids is 1. The first-order valence-electron chi connectivity index (χ1n) is 7.14. The maximum atomic E-state index is 13.7. The summed E-state index contributed by atoms with van der Waals surface area (Å²) in [7, 11) is 1.11. The van der Waals surface area contributed by atoms with Gasteiger partial charge in [-0.1, -0.05) is 0 Å². The highest BCUT2D eigenvalue weighted by molar-refractivity contribution is 9.11. The van der Waals surface area contributed by atoms with Gasteiger partial charge in [-0.3, -0.25) is 10.1 Å². The summed E-state index contributed by atoms with van der Waals surface area (Å²) >= 11 is 6.62. The molecule has 2 rings (SSSR count). The number of hydrogen-bond acceptors (Lipinski definition) is 6. The first-order valence-corrected chi connectivity index (χ1v) is 8.73. The molecular formula is C16H13Br2FN2O5. The lowest BCUT2D eigenvalue weighted by molar-refractivity contribution is -0.384. The van der Waals surface area contributed by atoms with Gasteiger partial charge in [0.25, 0.3) is 5.69 Å². The number of nitro groups is 1. The molecular weight excluding hydrogens is 479 g/mol. The Kier molecular flexibility index (Phi) is 6.54. The van der Waals surface area contributed by atoms with Crippen LogP contribution in [0.15, 0.2) is 39.3 Å². The maximum Gasteiger partial charge on any atom is 0.340 e. The lowest BCUT2D eigenvalue weighted by Crippen LogP contribution is -2.19. The number of alkyl halides is 1. The van der Waals surface area contributed by atoms with E-state index in [2.05, 4.69) is 36.6 Å². The Morgan fingerprint density at radius 2 is 1.92 bits per heavy atom. The number of carbonyl (C=O) groups is 1. The summed E-state index contributed by atoms with van der Waals surface area (Å²) < 4.78 is 24.7. The summed E-state index contributed by atoms with van der Waals surface area (Å²) in [6.45, 7) is 0. The molecule has 2 aromatic carbocycles. The van der Waals surface area contributed by atoms with Crippen LogP contribution in [0.4, 0.5) is 15.8 Å². The van der Waals surface area contributed by atoms with Gasteiger partial charge in [-0.05, 0) is 61.7 Å². The number of nitrogens with zero attached hydrogens (tertiary/aromatic N) is 1. The molecule has 0 aliphatic heterocycles. The lowest BCUT2D eigenvalue weighted by Gasteiger charge is -2.13. The average Bonchev–Trinajstić information content (AvgIpc) is 2.58. The Morgan fingerprint density at radius 3 is 2.46 bits per heavy atom. The van der Waals surface area contributed by atoms with Crippen molar-refractivity contribution in [2.75, 3.05) is 12.8 Å². The predicted octanol–water partition coefficient (Wildman–Crippen LogP) is 4.55. The van der Waals surface area contributed by atoms with E-state index in [9.17, 15) is 19.3 Å². The van der Waals surface area contributed by atoms with E-state index in [1.807, 2.05) is 0 Å². The molecule has 0 amide bonds. The van der Waals surface area contributed by atoms with Gasteiger partial charge in [0.1, 0.15) is 11.4 Å². The Morgan fingerprint density at radius 1 is 1.31 bits per heavy atom. The highest BCUT2D eigenvalue weighted by atomic mass is 79.9. The molecule has 0 saturated heterocycles. The van der Waals surface area contributed by atoms with Gasteiger partial charge in [0.05, 0.1) is 27.0 Å². The summed E-state index contributed by atoms with van der Waals surface area (Å²) in [5.41, 5.74) is 5.83. The number of nitro benzene ring substituents is 1. The molecule has 0 fully saturated rings. The van der Waals surface area contributed by atoms with Crippen LogP contribution in [-0.2, 0) is 16.0 Å². The van der Waals surface area contributed by atoms with Crippen molar-refractivity contribution in [3.8, 4) is 11.5 Å². The van der Waals surface area contributed by atoms with E-state index in [1.54, 1.807) is 12.1 Å². The first-order chi connectivity index (χ1) is 12.2. The van der Waals surface area contributed by atoms with Crippen molar-refractivity contribution >= 4 is 49.2 Å². The van der Waals surface area contributed by atoms with Crippen molar-refractivity contribution in [1.29, 1.82) is 0 Å². The number of ether oxygens (including phenoxy) is 2. The summed E-state index contributed by atoms with van der Waals surface area (Å²) in [5, 5.41) is 11.0. The molecule has 26 heavy (non-hydrogen) atoms. The van der Waals surface area contributed by atoms with Crippen LogP contribution in [0.25, 0.3) is 0 Å². The number of hydrogen-bond donors (Lipinski definition) is 1. The number of esters is 1. The summed E-state index contributed by atoms with van der Waals surface area (Å²) in [6.07, 6.45) is -1.96. The first kappa shape index (κ1) is 20.1. The van der Waals surface area contributed by atoms with E-state index in [4.69, 9.17) is 10.5 Å². The van der Waals surface area contributed by atoms with Crippen molar-refractivity contribution in [1.82, 2.24) is 0 Å². The second-order valence-corrected chi connectivity index (χ2v) is 6.87. The molecule has 0 aromatic heterocycles. The number of benzene rings is 2. The van der Waals surface area contributed by atoms with Crippen molar-refractivity contribution in [3.05, 3.63) is 55.0 Å². The molecule has 0 spiro atoms. The van der Waals surface area contributed by atoms with Crippen LogP contribution in [-0.4, -0.2) is 24.2 Å². The van der Waals surface area contributed by atoms with E-state index < -0.39 is 17.1 Å². The van der Waals surface area contributed by atoms with Crippen LogP contribution in [0.5, 0.6) is 11.5 Å². The Labute approximate surface area is 164 Å². The minimum atomic E-state index is -1.79. The van der Waals surface area contributed by atoms with Crippen LogP contribution in [0, 0.1) is 10.1 Å². The third kappa shape index (κ3) is 4.70. The van der Waals surface area contributed by atoms with Gasteiger partial charge < -0.3 is 15.2 Å². The van der Waals surface area contributed by atoms with E-state index in [0.717, 1.165) is 7.11 Å². The quantitative estimate of drug-likeness (QED) is 0.275. The van der Waals surface area contributed by atoms with Gasteiger partial charge in [-0.2, -0.15) is 0 Å². The smallest absolute Gasteiger partial charge is 0.340 e. The zero-order valence-electron chi connectivity index (χ0n) is 13.4. The predicted molar refractivity (Wildman–Crippen MR) is 100 cm³/mol. The Hall–Kier alpha value is -2.20. The Balaban J connectivity index is 2.27. The zero-order valence-corrected chi connectivity index (χ0v) is 16.5. The summed E-state index contributed by atoms with van der Waals surface area (Å²) in [5.74, 6) is -0.411. The van der Waals surface area contributed by atoms with Gasteiger partial charge >= 0.3 is 5.97 Å². The number of nitrogen functional groups attached to an aromatic ring is 1. The molecule has 0 aliphatic carbocycles. The largest absolute Gasteiger partial charge is 0.467 e. The number of halogens is 3. The van der Waals surface area contributed by atoms with Crippen LogP contribution >= 0.6 is 31.9 Å². The highest BCUT2D eigenvalue weighted by Crippen LogP contribution is 2.39. The van der Waals surface area contributed by atoms with E-state index in [0.29, 0.717) is 20.3 Å². The fourth-order valence-corrected chi connectivity index (χ4v) is 3.55. The molecule has 138 valence electrons. The van der Waals surface area contributed by atoms with Crippen LogP contribution in [0.2, 0.25) is 0 Å². The number of methoxy groups -OCH3 is 1. The second kappa shape index (κ2) is 8.45. The molecule has 2 aromatic rings. The topological polar surface area (TPSA) is 105 Å². The SMILES string of the molecule is COC(=O)C(F)Cc1cc(Br)c(Oc2ccc(N)c([N+](=O)[O-])c2)c(Br)c1. The standard InChI is InChI=1S/C16H13Br2FN2O5/c1-25-16(22)12(19)6-8-4-10(17)15(11(18)5-8)26-9-2-3-13(20)14(7-9)21(23)24/h2-5,7,12H,6,20H2,1H3. The third-order valence-corrected chi connectivity index (χ3v) is 4.53. The van der Waals surface area contributed by atoms with Crippen molar-refractivity contribution < 1.29 is 23.6 Å². The molecule has 0 heterocycles. The van der Waals surface area contributed by atoms with Gasteiger partial charge in [0.15, 0.2) is 5.75 Å². The maximum absolute atomic E-state index is 13.7. The highest BCUT2D eigenvalue weighted by Gasteiger charge is 2.20. The van der Waals surface area contributed by atoms with Gasteiger partial charge in [-0.15, -0.1) is 0 Å². The Bertz CT molecular complexity index is 840. The lowest BCUT2D eigenvalue weighted by atomic mass is 10.1. The monoisotopic (exact) mass is 490 g/mol. The normalized spacial score (nSPS) is 11.7. The van der Waals surface area contributed by atoms with Crippen molar-refractivity contribution in [2.45, 2.75) is 12.6 Å². The third-order valence-electron chi connectivity index (χ3n) is 3.35. The number of rotatable bonds is 6. The molecule has 10 heteroatoms. The van der Waals surface area contributed by atoms with Gasteiger partial charge in [-0.25, -0.2) is 9.18 Å². The van der Waals surface area contributed by atoms with Crippen LogP contribution in [0.1, 0.15) is 5.56 Å². The summed E-state index contributed by atoms with van der Waals surface area (Å²) in [6, 6.07) is 7.23. The molecule has 0 aliphatic rings. The molecule has 1 unspecified atom stereocenters. The molecule has 0 saturated carbocycles. The molecule has 1 atom stereocenters. The average molecular weight is 492 g/mol. The fourth-order valence-electron chi connectivity index (χ4n) is 2.11. The fraction of sp³-hybridized carbons (Fsp3) is 0.188. The zero-order chi connectivity index (χ0) is 19.4. The molecule has 0 bridgehead atoms. The molecule has 0 radical (unpaired) electrons. The van der Waals surface area contributed by atoms with E-state index in [1.165, 1.54) is 18.2 Å². The van der Waals surface area contributed by atoms with Gasteiger partial charge in [0, 0.05) is 6.42 Å².